The lowest BCUT2D eigenvalue weighted by molar-refractivity contribution is 0.130. The van der Waals surface area contributed by atoms with Gasteiger partial charge in [-0.25, -0.2) is 4.79 Å². The van der Waals surface area contributed by atoms with Crippen LogP contribution in [0.1, 0.15) is 11.3 Å². The van der Waals surface area contributed by atoms with Crippen LogP contribution in [0.25, 0.3) is 0 Å². The third-order valence-corrected chi connectivity index (χ3v) is 4.62. The first kappa shape index (κ1) is 15.1. The predicted octanol–water partition coefficient (Wildman–Crippen LogP) is 2.41. The van der Waals surface area contributed by atoms with Gasteiger partial charge in [-0.2, -0.15) is 11.3 Å². The standard InChI is InChI=1S/C16H21N3O2S/c20-16(17-5-3-14-4-11-22-13-14)19-8-6-18(7-9-19)12-15-2-1-10-21-15/h1-2,4,10-11,13H,3,5-9,12H2,(H,17,20). The van der Waals surface area contributed by atoms with Crippen LogP contribution in [0, 0.1) is 0 Å². The van der Waals surface area contributed by atoms with E-state index in [1.54, 1.807) is 17.6 Å². The van der Waals surface area contributed by atoms with E-state index in [1.807, 2.05) is 17.0 Å². The molecule has 1 saturated heterocycles. The first-order valence-electron chi connectivity index (χ1n) is 7.60. The Balaban J connectivity index is 1.36. The molecule has 1 aliphatic heterocycles. The average molecular weight is 319 g/mol. The molecule has 22 heavy (non-hydrogen) atoms. The summed E-state index contributed by atoms with van der Waals surface area (Å²) in [7, 11) is 0. The van der Waals surface area contributed by atoms with Crippen LogP contribution in [0.5, 0.6) is 0 Å². The molecule has 0 saturated carbocycles. The molecule has 118 valence electrons. The second kappa shape index (κ2) is 7.47. The SMILES string of the molecule is O=C(NCCc1ccsc1)N1CCN(Cc2ccco2)CC1. The van der Waals surface area contributed by atoms with Crippen LogP contribution in [-0.2, 0) is 13.0 Å². The molecular formula is C16H21N3O2S. The molecule has 2 amide bonds. The van der Waals surface area contributed by atoms with Gasteiger partial charge in [0.1, 0.15) is 5.76 Å². The lowest BCUT2D eigenvalue weighted by atomic mass is 10.2. The Morgan fingerprint density at radius 3 is 2.82 bits per heavy atom. The molecule has 0 atom stereocenters. The van der Waals surface area contributed by atoms with Gasteiger partial charge in [0.2, 0.25) is 0 Å². The van der Waals surface area contributed by atoms with E-state index >= 15 is 0 Å². The van der Waals surface area contributed by atoms with Gasteiger partial charge in [0.25, 0.3) is 0 Å². The highest BCUT2D eigenvalue weighted by Crippen LogP contribution is 2.09. The Morgan fingerprint density at radius 1 is 1.27 bits per heavy atom. The van der Waals surface area contributed by atoms with Crippen LogP contribution < -0.4 is 5.32 Å². The molecule has 0 aliphatic carbocycles. The van der Waals surface area contributed by atoms with Gasteiger partial charge in [-0.1, -0.05) is 0 Å². The van der Waals surface area contributed by atoms with Crippen LogP contribution in [0.4, 0.5) is 4.79 Å². The maximum Gasteiger partial charge on any atom is 0.317 e. The zero-order valence-corrected chi connectivity index (χ0v) is 13.3. The van der Waals surface area contributed by atoms with E-state index in [2.05, 4.69) is 27.0 Å². The van der Waals surface area contributed by atoms with Gasteiger partial charge in [0.05, 0.1) is 12.8 Å². The zero-order valence-electron chi connectivity index (χ0n) is 12.5. The number of thiophene rings is 1. The van der Waals surface area contributed by atoms with E-state index in [0.717, 1.165) is 44.9 Å². The van der Waals surface area contributed by atoms with Crippen molar-refractivity contribution in [2.24, 2.45) is 0 Å². The molecule has 0 unspecified atom stereocenters. The minimum absolute atomic E-state index is 0.0490. The van der Waals surface area contributed by atoms with Crippen molar-refractivity contribution < 1.29 is 9.21 Å². The summed E-state index contributed by atoms with van der Waals surface area (Å²) in [5, 5.41) is 7.20. The summed E-state index contributed by atoms with van der Waals surface area (Å²) >= 11 is 1.69. The van der Waals surface area contributed by atoms with Crippen molar-refractivity contribution in [1.82, 2.24) is 15.1 Å². The second-order valence-corrected chi connectivity index (χ2v) is 6.24. The van der Waals surface area contributed by atoms with E-state index < -0.39 is 0 Å². The minimum atomic E-state index is 0.0490. The fraction of sp³-hybridized carbons (Fsp3) is 0.438. The third kappa shape index (κ3) is 4.11. The van der Waals surface area contributed by atoms with Crippen molar-refractivity contribution in [3.05, 3.63) is 46.5 Å². The molecule has 6 heteroatoms. The highest BCUT2D eigenvalue weighted by Gasteiger charge is 2.21. The van der Waals surface area contributed by atoms with Crippen LogP contribution in [0.2, 0.25) is 0 Å². The van der Waals surface area contributed by atoms with E-state index in [4.69, 9.17) is 4.42 Å². The summed E-state index contributed by atoms with van der Waals surface area (Å²) in [6.07, 6.45) is 2.60. The topological polar surface area (TPSA) is 48.7 Å². The summed E-state index contributed by atoms with van der Waals surface area (Å²) in [4.78, 5) is 16.3. The fourth-order valence-electron chi connectivity index (χ4n) is 2.59. The smallest absolute Gasteiger partial charge is 0.317 e. The number of amides is 2. The van der Waals surface area contributed by atoms with Gasteiger partial charge in [-0.05, 0) is 40.9 Å². The average Bonchev–Trinajstić information content (AvgIpc) is 3.21. The maximum absolute atomic E-state index is 12.1. The third-order valence-electron chi connectivity index (χ3n) is 3.89. The number of hydrogen-bond donors (Lipinski definition) is 1. The largest absolute Gasteiger partial charge is 0.468 e. The van der Waals surface area contributed by atoms with Gasteiger partial charge < -0.3 is 14.6 Å². The molecule has 5 nitrogen and oxygen atoms in total. The van der Waals surface area contributed by atoms with Crippen LogP contribution in [0.3, 0.4) is 0 Å². The quantitative estimate of drug-likeness (QED) is 0.921. The Bertz CT molecular complexity index is 560. The highest BCUT2D eigenvalue weighted by molar-refractivity contribution is 7.07. The van der Waals surface area contributed by atoms with Crippen molar-refractivity contribution >= 4 is 17.4 Å². The zero-order chi connectivity index (χ0) is 15.2. The number of piperazine rings is 1. The van der Waals surface area contributed by atoms with Gasteiger partial charge >= 0.3 is 6.03 Å². The van der Waals surface area contributed by atoms with Crippen molar-refractivity contribution in [3.8, 4) is 0 Å². The first-order chi connectivity index (χ1) is 10.8. The molecule has 1 N–H and O–H groups in total. The summed E-state index contributed by atoms with van der Waals surface area (Å²) in [5.74, 6) is 0.980. The number of hydrogen-bond acceptors (Lipinski definition) is 4. The van der Waals surface area contributed by atoms with Crippen LogP contribution in [-0.4, -0.2) is 48.6 Å². The van der Waals surface area contributed by atoms with E-state index in [-0.39, 0.29) is 6.03 Å². The highest BCUT2D eigenvalue weighted by atomic mass is 32.1. The summed E-state index contributed by atoms with van der Waals surface area (Å²) in [5.41, 5.74) is 1.29. The van der Waals surface area contributed by atoms with Gasteiger partial charge in [0.15, 0.2) is 0 Å². The molecule has 0 radical (unpaired) electrons. The molecule has 0 aromatic carbocycles. The maximum atomic E-state index is 12.1. The number of furan rings is 1. The number of rotatable bonds is 5. The summed E-state index contributed by atoms with van der Waals surface area (Å²) in [6, 6.07) is 6.05. The van der Waals surface area contributed by atoms with Crippen LogP contribution >= 0.6 is 11.3 Å². The molecule has 3 heterocycles. The lowest BCUT2D eigenvalue weighted by Gasteiger charge is -2.34. The van der Waals surface area contributed by atoms with Crippen molar-refractivity contribution in [3.63, 3.8) is 0 Å². The monoisotopic (exact) mass is 319 g/mol. The number of nitrogens with zero attached hydrogens (tertiary/aromatic N) is 2. The number of urea groups is 1. The van der Waals surface area contributed by atoms with Crippen LogP contribution in [0.15, 0.2) is 39.6 Å². The Kier molecular flexibility index (Phi) is 5.13. The molecule has 1 fully saturated rings. The number of carbonyl (C=O) groups excluding carboxylic acids is 1. The first-order valence-corrected chi connectivity index (χ1v) is 8.54. The molecule has 0 spiro atoms. The number of carbonyl (C=O) groups is 1. The Hall–Kier alpha value is -1.79. The van der Waals surface area contributed by atoms with E-state index in [0.29, 0.717) is 6.54 Å². The van der Waals surface area contributed by atoms with E-state index in [1.165, 1.54) is 5.56 Å². The van der Waals surface area contributed by atoms with Crippen molar-refractivity contribution in [2.45, 2.75) is 13.0 Å². The Morgan fingerprint density at radius 2 is 2.14 bits per heavy atom. The predicted molar refractivity (Wildman–Crippen MR) is 87.0 cm³/mol. The summed E-state index contributed by atoms with van der Waals surface area (Å²) in [6.45, 7) is 4.83. The molecule has 3 rings (SSSR count). The molecule has 1 aliphatic rings. The van der Waals surface area contributed by atoms with E-state index in [9.17, 15) is 4.79 Å². The van der Waals surface area contributed by atoms with Crippen molar-refractivity contribution in [2.75, 3.05) is 32.7 Å². The van der Waals surface area contributed by atoms with Gasteiger partial charge in [-0.15, -0.1) is 0 Å². The molecule has 2 aromatic heterocycles. The second-order valence-electron chi connectivity index (χ2n) is 5.46. The molecular weight excluding hydrogens is 298 g/mol. The number of nitrogens with one attached hydrogen (secondary N) is 1. The molecule has 0 bridgehead atoms. The minimum Gasteiger partial charge on any atom is -0.468 e. The fourth-order valence-corrected chi connectivity index (χ4v) is 3.30. The van der Waals surface area contributed by atoms with Gasteiger partial charge in [-0.3, -0.25) is 4.90 Å². The summed E-state index contributed by atoms with van der Waals surface area (Å²) < 4.78 is 5.37. The van der Waals surface area contributed by atoms with Crippen molar-refractivity contribution in [1.29, 1.82) is 0 Å². The molecule has 2 aromatic rings. The lowest BCUT2D eigenvalue weighted by Crippen LogP contribution is -2.51. The normalized spacial score (nSPS) is 15.9. The Labute approximate surface area is 134 Å². The van der Waals surface area contributed by atoms with Gasteiger partial charge in [0, 0.05) is 32.7 Å².